The number of hydrogen-bond donors (Lipinski definition) is 2. The zero-order valence-electron chi connectivity index (χ0n) is 14.6. The fourth-order valence-electron chi connectivity index (χ4n) is 6.10. The lowest BCUT2D eigenvalue weighted by molar-refractivity contribution is 0.0222. The molecule has 0 aliphatic heterocycles. The smallest absolute Gasteiger partial charge is 0.0824 e. The van der Waals surface area contributed by atoms with Gasteiger partial charge in [0.2, 0.25) is 0 Å². The second-order valence-electron chi connectivity index (χ2n) is 8.64. The van der Waals surface area contributed by atoms with Gasteiger partial charge in [-0.1, -0.05) is 31.1 Å². The Kier molecular flexibility index (Phi) is 3.57. The van der Waals surface area contributed by atoms with Crippen molar-refractivity contribution in [1.82, 2.24) is 0 Å². The Bertz CT molecular complexity index is 577. The van der Waals surface area contributed by atoms with Crippen LogP contribution in [0, 0.1) is 16.7 Å². The molecular formula is C20H30O3. The molecular weight excluding hydrogens is 288 g/mol. The molecule has 128 valence electrons. The molecule has 2 fully saturated rings. The van der Waals surface area contributed by atoms with Crippen molar-refractivity contribution in [3.8, 4) is 0 Å². The maximum Gasteiger partial charge on any atom is 0.0824 e. The first-order valence-corrected chi connectivity index (χ1v) is 9.23. The Hall–Kier alpha value is -0.640. The van der Waals surface area contributed by atoms with Crippen molar-refractivity contribution in [1.29, 1.82) is 0 Å². The van der Waals surface area contributed by atoms with Gasteiger partial charge >= 0.3 is 0 Å². The minimum Gasteiger partial charge on any atom is -0.392 e. The molecule has 4 aliphatic carbocycles. The molecule has 3 unspecified atom stereocenters. The lowest BCUT2D eigenvalue weighted by Gasteiger charge is -2.54. The van der Waals surface area contributed by atoms with Crippen LogP contribution in [0.1, 0.15) is 58.8 Å². The predicted octanol–water partition coefficient (Wildman–Crippen LogP) is 3.36. The molecule has 6 atom stereocenters. The number of methoxy groups -OCH3 is 1. The Balaban J connectivity index is 1.85. The Morgan fingerprint density at radius 2 is 1.83 bits per heavy atom. The zero-order valence-corrected chi connectivity index (χ0v) is 14.6. The van der Waals surface area contributed by atoms with Crippen molar-refractivity contribution in [2.24, 2.45) is 16.7 Å². The molecule has 0 radical (unpaired) electrons. The third-order valence-electron chi connectivity index (χ3n) is 7.66. The Labute approximate surface area is 139 Å². The van der Waals surface area contributed by atoms with E-state index in [0.29, 0.717) is 5.92 Å². The molecule has 23 heavy (non-hydrogen) atoms. The van der Waals surface area contributed by atoms with Crippen molar-refractivity contribution in [3.63, 3.8) is 0 Å². The standard InChI is InChI=1S/C20H30O3/c1-19-8-6-13(21)10-12(19)11-16(23-3)18-14-4-5-17(22)20(14,2)9-7-15(18)19/h10,13,15-17,21-22H,4-9,11H2,1-3H3/t13?,15-,16?,17?,19+,20+/m1/s1. The number of fused-ring (bicyclic) bond motifs is 4. The number of ether oxygens (including phenoxy) is 1. The highest BCUT2D eigenvalue weighted by Gasteiger charge is 2.55. The molecule has 3 nitrogen and oxygen atoms in total. The summed E-state index contributed by atoms with van der Waals surface area (Å²) in [5, 5.41) is 20.6. The second-order valence-corrected chi connectivity index (χ2v) is 8.64. The van der Waals surface area contributed by atoms with Crippen LogP contribution in [0.2, 0.25) is 0 Å². The summed E-state index contributed by atoms with van der Waals surface area (Å²) in [6.07, 6.45) is 8.75. The fraction of sp³-hybridized carbons (Fsp3) is 0.800. The molecule has 4 rings (SSSR count). The van der Waals surface area contributed by atoms with Gasteiger partial charge < -0.3 is 14.9 Å². The number of aliphatic hydroxyl groups excluding tert-OH is 2. The topological polar surface area (TPSA) is 49.7 Å². The lowest BCUT2D eigenvalue weighted by Crippen LogP contribution is -2.48. The number of hydrogen-bond acceptors (Lipinski definition) is 3. The summed E-state index contributed by atoms with van der Waals surface area (Å²) < 4.78 is 5.92. The van der Waals surface area contributed by atoms with Crippen LogP contribution in [0.5, 0.6) is 0 Å². The van der Waals surface area contributed by atoms with Crippen LogP contribution in [0.15, 0.2) is 22.8 Å². The molecule has 0 spiro atoms. The molecule has 0 bridgehead atoms. The molecule has 0 saturated heterocycles. The minimum atomic E-state index is -0.285. The van der Waals surface area contributed by atoms with E-state index >= 15 is 0 Å². The maximum atomic E-state index is 10.5. The van der Waals surface area contributed by atoms with E-state index in [1.54, 1.807) is 0 Å². The first kappa shape index (κ1) is 15.9. The zero-order chi connectivity index (χ0) is 16.4. The van der Waals surface area contributed by atoms with E-state index in [4.69, 9.17) is 4.74 Å². The fourth-order valence-corrected chi connectivity index (χ4v) is 6.10. The summed E-state index contributed by atoms with van der Waals surface area (Å²) >= 11 is 0. The van der Waals surface area contributed by atoms with E-state index in [9.17, 15) is 10.2 Å². The van der Waals surface area contributed by atoms with Crippen LogP contribution in [0.3, 0.4) is 0 Å². The Morgan fingerprint density at radius 1 is 1.09 bits per heavy atom. The number of aliphatic hydroxyl groups is 2. The molecule has 2 saturated carbocycles. The third-order valence-corrected chi connectivity index (χ3v) is 7.66. The highest BCUT2D eigenvalue weighted by molar-refractivity contribution is 5.42. The first-order chi connectivity index (χ1) is 10.9. The normalized spacial score (nSPS) is 49.3. The summed E-state index contributed by atoms with van der Waals surface area (Å²) in [5.41, 5.74) is 4.55. The monoisotopic (exact) mass is 318 g/mol. The van der Waals surface area contributed by atoms with E-state index in [1.165, 1.54) is 16.7 Å². The van der Waals surface area contributed by atoms with Gasteiger partial charge in [-0.2, -0.15) is 0 Å². The van der Waals surface area contributed by atoms with E-state index in [-0.39, 0.29) is 29.1 Å². The minimum absolute atomic E-state index is 0.0334. The van der Waals surface area contributed by atoms with Crippen molar-refractivity contribution in [3.05, 3.63) is 22.8 Å². The van der Waals surface area contributed by atoms with Gasteiger partial charge in [0.15, 0.2) is 0 Å². The van der Waals surface area contributed by atoms with E-state index in [0.717, 1.165) is 44.9 Å². The summed E-state index contributed by atoms with van der Waals surface area (Å²) in [6.45, 7) is 4.66. The molecule has 0 amide bonds. The summed E-state index contributed by atoms with van der Waals surface area (Å²) in [4.78, 5) is 0. The van der Waals surface area contributed by atoms with Crippen molar-refractivity contribution < 1.29 is 14.9 Å². The highest BCUT2D eigenvalue weighted by Crippen LogP contribution is 2.62. The van der Waals surface area contributed by atoms with Crippen LogP contribution in [0.25, 0.3) is 0 Å². The molecule has 0 aromatic carbocycles. The highest BCUT2D eigenvalue weighted by atomic mass is 16.5. The van der Waals surface area contributed by atoms with Crippen LogP contribution in [-0.2, 0) is 4.74 Å². The predicted molar refractivity (Wildman–Crippen MR) is 89.9 cm³/mol. The van der Waals surface area contributed by atoms with Crippen molar-refractivity contribution in [2.75, 3.05) is 7.11 Å². The quantitative estimate of drug-likeness (QED) is 0.729. The average Bonchev–Trinajstić information content (AvgIpc) is 2.83. The van der Waals surface area contributed by atoms with Crippen LogP contribution in [0.4, 0.5) is 0 Å². The largest absolute Gasteiger partial charge is 0.392 e. The van der Waals surface area contributed by atoms with Crippen LogP contribution in [-0.4, -0.2) is 35.6 Å². The molecule has 2 N–H and O–H groups in total. The number of rotatable bonds is 1. The van der Waals surface area contributed by atoms with E-state index < -0.39 is 0 Å². The van der Waals surface area contributed by atoms with Crippen LogP contribution >= 0.6 is 0 Å². The van der Waals surface area contributed by atoms with Gasteiger partial charge in [0, 0.05) is 12.5 Å². The third kappa shape index (κ3) is 2.06. The van der Waals surface area contributed by atoms with Gasteiger partial charge in [-0.3, -0.25) is 0 Å². The summed E-state index contributed by atoms with van der Waals surface area (Å²) in [7, 11) is 1.81. The summed E-state index contributed by atoms with van der Waals surface area (Å²) in [6, 6.07) is 0. The van der Waals surface area contributed by atoms with E-state index in [1.807, 2.05) is 7.11 Å². The maximum absolute atomic E-state index is 10.5. The second kappa shape index (κ2) is 5.18. The van der Waals surface area contributed by atoms with Gasteiger partial charge in [-0.25, -0.2) is 0 Å². The molecule has 0 aromatic heterocycles. The van der Waals surface area contributed by atoms with Gasteiger partial charge in [0.1, 0.15) is 0 Å². The molecule has 4 aliphatic rings. The molecule has 0 aromatic rings. The van der Waals surface area contributed by atoms with Gasteiger partial charge in [-0.05, 0) is 61.9 Å². The molecule has 0 heterocycles. The van der Waals surface area contributed by atoms with Crippen LogP contribution < -0.4 is 0 Å². The van der Waals surface area contributed by atoms with Crippen molar-refractivity contribution in [2.45, 2.75) is 77.1 Å². The van der Waals surface area contributed by atoms with Gasteiger partial charge in [0.25, 0.3) is 0 Å². The van der Waals surface area contributed by atoms with Gasteiger partial charge in [-0.15, -0.1) is 0 Å². The lowest BCUT2D eigenvalue weighted by atomic mass is 9.51. The van der Waals surface area contributed by atoms with Crippen molar-refractivity contribution >= 4 is 0 Å². The molecule has 3 heteroatoms. The SMILES string of the molecule is COC1CC2=CC(O)CC[C@]2(C)[C@@H]2CC[C@@]3(C)C(=C12)CCC3O. The van der Waals surface area contributed by atoms with E-state index in [2.05, 4.69) is 19.9 Å². The summed E-state index contributed by atoms with van der Waals surface area (Å²) in [5.74, 6) is 0.522. The first-order valence-electron chi connectivity index (χ1n) is 9.23. The average molecular weight is 318 g/mol. The van der Waals surface area contributed by atoms with Gasteiger partial charge in [0.05, 0.1) is 18.3 Å². The Morgan fingerprint density at radius 3 is 2.57 bits per heavy atom.